The normalized spacial score (nSPS) is 15.7. The van der Waals surface area contributed by atoms with Crippen LogP contribution in [0.2, 0.25) is 5.02 Å². The minimum absolute atomic E-state index is 0.0250. The second kappa shape index (κ2) is 11.2. The van der Waals surface area contributed by atoms with Crippen molar-refractivity contribution < 1.29 is 14.5 Å². The number of carbonyl (C=O) groups is 2. The highest BCUT2D eigenvalue weighted by atomic mass is 35.5. The van der Waals surface area contributed by atoms with Crippen LogP contribution in [-0.4, -0.2) is 58.8 Å². The van der Waals surface area contributed by atoms with Crippen molar-refractivity contribution in [3.05, 3.63) is 74.8 Å². The average molecular weight is 473 g/mol. The van der Waals surface area contributed by atoms with Crippen LogP contribution in [0.25, 0.3) is 0 Å². The van der Waals surface area contributed by atoms with E-state index in [4.69, 9.17) is 11.6 Å². The van der Waals surface area contributed by atoms with Crippen LogP contribution in [0.5, 0.6) is 0 Å². The number of halogens is 1. The summed E-state index contributed by atoms with van der Waals surface area (Å²) in [5.74, 6) is -0.789. The van der Waals surface area contributed by atoms with Crippen LogP contribution in [0.1, 0.15) is 36.2 Å². The number of hydrogen-bond donors (Lipinski definition) is 1. The zero-order chi connectivity index (χ0) is 24.0. The third kappa shape index (κ3) is 6.52. The van der Waals surface area contributed by atoms with Gasteiger partial charge in [-0.1, -0.05) is 55.8 Å². The number of nitrogens with zero attached hydrogens (tertiary/aromatic N) is 3. The van der Waals surface area contributed by atoms with Gasteiger partial charge >= 0.3 is 0 Å². The van der Waals surface area contributed by atoms with Gasteiger partial charge in [0.1, 0.15) is 6.04 Å². The molecule has 1 fully saturated rings. The predicted molar refractivity (Wildman–Crippen MR) is 127 cm³/mol. The largest absolute Gasteiger partial charge is 0.340 e. The minimum atomic E-state index is -0.718. The Morgan fingerprint density at radius 1 is 1.09 bits per heavy atom. The third-order valence-corrected chi connectivity index (χ3v) is 6.09. The number of carbonyl (C=O) groups excluding carboxylic acids is 2. The molecule has 8 nitrogen and oxygen atoms in total. The second-order valence-corrected chi connectivity index (χ2v) is 8.96. The fourth-order valence-corrected chi connectivity index (χ4v) is 4.18. The molecule has 2 amide bonds. The van der Waals surface area contributed by atoms with E-state index in [0.29, 0.717) is 13.1 Å². The standard InChI is InChI=1S/C24H29ClN4O4/c1-17(2)22(26-23(30)20-10-9-19(29(32)33)15-21(20)25)24(31)28-12-6-11-27(13-14-28)16-18-7-4-3-5-8-18/h3-5,7-10,15,17,22H,6,11-14,16H2,1-2H3,(H,26,30). The fraction of sp³-hybridized carbons (Fsp3) is 0.417. The summed E-state index contributed by atoms with van der Waals surface area (Å²) >= 11 is 6.10. The van der Waals surface area contributed by atoms with Crippen molar-refractivity contribution >= 4 is 29.1 Å². The molecular weight excluding hydrogens is 444 g/mol. The molecule has 176 valence electrons. The van der Waals surface area contributed by atoms with Crippen LogP contribution in [0.15, 0.2) is 48.5 Å². The number of benzene rings is 2. The van der Waals surface area contributed by atoms with E-state index >= 15 is 0 Å². The lowest BCUT2D eigenvalue weighted by atomic mass is 10.0. The number of nitro groups is 1. The number of amides is 2. The van der Waals surface area contributed by atoms with Gasteiger partial charge in [-0.25, -0.2) is 0 Å². The van der Waals surface area contributed by atoms with E-state index in [-0.39, 0.29) is 28.1 Å². The van der Waals surface area contributed by atoms with Gasteiger partial charge in [-0.15, -0.1) is 0 Å². The maximum atomic E-state index is 13.3. The van der Waals surface area contributed by atoms with Gasteiger partial charge in [-0.2, -0.15) is 0 Å². The second-order valence-electron chi connectivity index (χ2n) is 8.56. The highest BCUT2D eigenvalue weighted by Crippen LogP contribution is 2.23. The Bertz CT molecular complexity index is 999. The van der Waals surface area contributed by atoms with Gasteiger partial charge in [0.15, 0.2) is 0 Å². The van der Waals surface area contributed by atoms with E-state index in [0.717, 1.165) is 32.1 Å². The van der Waals surface area contributed by atoms with E-state index in [1.165, 1.54) is 17.7 Å². The summed E-state index contributed by atoms with van der Waals surface area (Å²) in [4.78, 5) is 40.6. The van der Waals surface area contributed by atoms with E-state index in [1.807, 2.05) is 36.9 Å². The van der Waals surface area contributed by atoms with Gasteiger partial charge in [0.2, 0.25) is 5.91 Å². The quantitative estimate of drug-likeness (QED) is 0.489. The first-order valence-corrected chi connectivity index (χ1v) is 11.4. The summed E-state index contributed by atoms with van der Waals surface area (Å²) in [5.41, 5.74) is 1.15. The smallest absolute Gasteiger partial charge is 0.270 e. The van der Waals surface area contributed by atoms with Gasteiger partial charge in [-0.3, -0.25) is 24.6 Å². The Balaban J connectivity index is 1.65. The summed E-state index contributed by atoms with van der Waals surface area (Å²) < 4.78 is 0. The van der Waals surface area contributed by atoms with Gasteiger partial charge in [0.25, 0.3) is 11.6 Å². The fourth-order valence-electron chi connectivity index (χ4n) is 3.92. The Hall–Kier alpha value is -2.97. The summed E-state index contributed by atoms with van der Waals surface area (Å²) in [6.07, 6.45) is 0.853. The number of hydrogen-bond acceptors (Lipinski definition) is 5. The molecule has 1 saturated heterocycles. The van der Waals surface area contributed by atoms with Crippen LogP contribution in [0.3, 0.4) is 0 Å². The monoisotopic (exact) mass is 472 g/mol. The molecule has 0 spiro atoms. The van der Waals surface area contributed by atoms with Gasteiger partial charge in [0.05, 0.1) is 15.5 Å². The van der Waals surface area contributed by atoms with Crippen molar-refractivity contribution in [2.24, 2.45) is 5.92 Å². The highest BCUT2D eigenvalue weighted by Gasteiger charge is 2.30. The van der Waals surface area contributed by atoms with E-state index < -0.39 is 16.9 Å². The molecule has 0 radical (unpaired) electrons. The Labute approximate surface area is 198 Å². The van der Waals surface area contributed by atoms with Crippen molar-refractivity contribution in [3.8, 4) is 0 Å². The van der Waals surface area contributed by atoms with Gasteiger partial charge in [0, 0.05) is 44.9 Å². The summed E-state index contributed by atoms with van der Waals surface area (Å²) in [6.45, 7) is 7.46. The zero-order valence-electron chi connectivity index (χ0n) is 18.9. The lowest BCUT2D eigenvalue weighted by Gasteiger charge is -2.29. The zero-order valence-corrected chi connectivity index (χ0v) is 19.6. The van der Waals surface area contributed by atoms with Crippen LogP contribution in [-0.2, 0) is 11.3 Å². The first kappa shape index (κ1) is 24.7. The highest BCUT2D eigenvalue weighted by molar-refractivity contribution is 6.34. The van der Waals surface area contributed by atoms with Crippen molar-refractivity contribution in [1.29, 1.82) is 0 Å². The molecule has 2 aromatic carbocycles. The molecule has 9 heteroatoms. The summed E-state index contributed by atoms with van der Waals surface area (Å²) in [5, 5.41) is 13.7. The van der Waals surface area contributed by atoms with Crippen molar-refractivity contribution in [1.82, 2.24) is 15.1 Å². The maximum absolute atomic E-state index is 13.3. The molecular formula is C24H29ClN4O4. The molecule has 1 unspecified atom stereocenters. The SMILES string of the molecule is CC(C)C(NC(=O)c1ccc([N+](=O)[O-])cc1Cl)C(=O)N1CCCN(Cc2ccccc2)CC1. The molecule has 1 N–H and O–H groups in total. The first-order chi connectivity index (χ1) is 15.8. The number of nitro benzene ring substituents is 1. The minimum Gasteiger partial charge on any atom is -0.340 e. The van der Waals surface area contributed by atoms with Crippen LogP contribution >= 0.6 is 11.6 Å². The summed E-state index contributed by atoms with van der Waals surface area (Å²) in [7, 11) is 0. The molecule has 1 aliphatic heterocycles. The van der Waals surface area contributed by atoms with Crippen molar-refractivity contribution in [2.75, 3.05) is 26.2 Å². The van der Waals surface area contributed by atoms with Crippen LogP contribution in [0, 0.1) is 16.0 Å². The Morgan fingerprint density at radius 3 is 2.45 bits per heavy atom. The molecule has 0 aromatic heterocycles. The van der Waals surface area contributed by atoms with Crippen LogP contribution in [0.4, 0.5) is 5.69 Å². The molecule has 2 aromatic rings. The lowest BCUT2D eigenvalue weighted by molar-refractivity contribution is -0.384. The molecule has 3 rings (SSSR count). The van der Waals surface area contributed by atoms with Crippen molar-refractivity contribution in [2.45, 2.75) is 32.9 Å². The first-order valence-electron chi connectivity index (χ1n) is 11.1. The molecule has 33 heavy (non-hydrogen) atoms. The lowest BCUT2D eigenvalue weighted by Crippen LogP contribution is -2.52. The third-order valence-electron chi connectivity index (χ3n) is 5.78. The molecule has 0 aliphatic carbocycles. The molecule has 1 atom stereocenters. The molecule has 1 heterocycles. The Kier molecular flexibility index (Phi) is 8.41. The molecule has 1 aliphatic rings. The molecule has 0 bridgehead atoms. The van der Waals surface area contributed by atoms with E-state index in [9.17, 15) is 19.7 Å². The predicted octanol–water partition coefficient (Wildman–Crippen LogP) is 3.74. The number of nitrogens with one attached hydrogen (secondary N) is 1. The number of rotatable bonds is 7. The van der Waals surface area contributed by atoms with Crippen LogP contribution < -0.4 is 5.32 Å². The average Bonchev–Trinajstić information content (AvgIpc) is 3.02. The number of non-ortho nitro benzene ring substituents is 1. The Morgan fingerprint density at radius 2 is 1.82 bits per heavy atom. The molecule has 0 saturated carbocycles. The van der Waals surface area contributed by atoms with E-state index in [2.05, 4.69) is 22.3 Å². The van der Waals surface area contributed by atoms with E-state index in [1.54, 1.807) is 0 Å². The maximum Gasteiger partial charge on any atom is 0.270 e. The van der Waals surface area contributed by atoms with Gasteiger partial charge < -0.3 is 10.2 Å². The summed E-state index contributed by atoms with van der Waals surface area (Å²) in [6, 6.07) is 13.2. The van der Waals surface area contributed by atoms with Gasteiger partial charge in [-0.05, 0) is 24.0 Å². The van der Waals surface area contributed by atoms with Crippen molar-refractivity contribution in [3.63, 3.8) is 0 Å². The topological polar surface area (TPSA) is 95.8 Å².